The van der Waals surface area contributed by atoms with Crippen molar-refractivity contribution in [3.8, 4) is 0 Å². The second-order valence-corrected chi connectivity index (χ2v) is 3.34. The molecule has 0 aliphatic heterocycles. The van der Waals surface area contributed by atoms with E-state index in [0.29, 0.717) is 12.8 Å². The first-order valence-corrected chi connectivity index (χ1v) is 4.93. The maximum atomic E-state index is 11.0. The highest BCUT2D eigenvalue weighted by atomic mass is 16.5. The van der Waals surface area contributed by atoms with E-state index in [1.807, 2.05) is 27.7 Å². The van der Waals surface area contributed by atoms with Crippen molar-refractivity contribution in [3.63, 3.8) is 0 Å². The van der Waals surface area contributed by atoms with Crippen molar-refractivity contribution in [1.82, 2.24) is 0 Å². The second-order valence-electron chi connectivity index (χ2n) is 3.34. The average Bonchev–Trinajstić information content (AvgIpc) is 2.13. The molecule has 0 aromatic carbocycles. The molecule has 78 valence electrons. The quantitative estimate of drug-likeness (QED) is 0.696. The van der Waals surface area contributed by atoms with Crippen LogP contribution in [0.2, 0.25) is 0 Å². The molecule has 0 saturated heterocycles. The van der Waals surface area contributed by atoms with Gasteiger partial charge in [-0.3, -0.25) is 0 Å². The van der Waals surface area contributed by atoms with Crippen LogP contribution in [0, 0.1) is 0 Å². The van der Waals surface area contributed by atoms with Crippen molar-refractivity contribution in [2.45, 2.75) is 58.7 Å². The molecule has 0 fully saturated rings. The van der Waals surface area contributed by atoms with E-state index in [1.165, 1.54) is 0 Å². The van der Waals surface area contributed by atoms with Crippen LogP contribution in [0.3, 0.4) is 0 Å². The zero-order valence-electron chi connectivity index (χ0n) is 8.96. The van der Waals surface area contributed by atoms with Gasteiger partial charge in [0.05, 0.1) is 6.10 Å². The molecule has 0 bridgehead atoms. The van der Waals surface area contributed by atoms with Crippen LogP contribution in [0.1, 0.15) is 47.0 Å². The zero-order valence-corrected chi connectivity index (χ0v) is 8.96. The summed E-state index contributed by atoms with van der Waals surface area (Å²) in [7, 11) is 0. The summed E-state index contributed by atoms with van der Waals surface area (Å²) in [5.74, 6) is -0.849. The Labute approximate surface area is 80.1 Å². The van der Waals surface area contributed by atoms with E-state index in [4.69, 9.17) is 9.84 Å². The summed E-state index contributed by atoms with van der Waals surface area (Å²) in [5.41, 5.74) is -0.977. The first-order valence-electron chi connectivity index (χ1n) is 4.93. The van der Waals surface area contributed by atoms with Crippen LogP contribution < -0.4 is 0 Å². The van der Waals surface area contributed by atoms with Crippen LogP contribution >= 0.6 is 0 Å². The Kier molecular flexibility index (Phi) is 4.99. The van der Waals surface area contributed by atoms with Crippen LogP contribution in [0.25, 0.3) is 0 Å². The Bertz CT molecular complexity index is 162. The Morgan fingerprint density at radius 2 is 1.85 bits per heavy atom. The van der Waals surface area contributed by atoms with Gasteiger partial charge in [-0.2, -0.15) is 0 Å². The third-order valence-corrected chi connectivity index (χ3v) is 2.53. The Morgan fingerprint density at radius 1 is 1.38 bits per heavy atom. The zero-order chi connectivity index (χ0) is 10.5. The van der Waals surface area contributed by atoms with Crippen LogP contribution in [0.5, 0.6) is 0 Å². The Hall–Kier alpha value is -0.570. The summed E-state index contributed by atoms with van der Waals surface area (Å²) in [4.78, 5) is 11.0. The number of rotatable bonds is 6. The van der Waals surface area contributed by atoms with E-state index in [-0.39, 0.29) is 6.10 Å². The molecule has 0 saturated carbocycles. The van der Waals surface area contributed by atoms with Gasteiger partial charge in [0.25, 0.3) is 0 Å². The highest BCUT2D eigenvalue weighted by Gasteiger charge is 2.37. The van der Waals surface area contributed by atoms with Crippen molar-refractivity contribution in [2.24, 2.45) is 0 Å². The maximum Gasteiger partial charge on any atom is 0.335 e. The van der Waals surface area contributed by atoms with E-state index >= 15 is 0 Å². The molecule has 0 radical (unpaired) electrons. The molecule has 1 unspecified atom stereocenters. The summed E-state index contributed by atoms with van der Waals surface area (Å²) in [6, 6.07) is 0. The van der Waals surface area contributed by atoms with Gasteiger partial charge in [0.15, 0.2) is 5.60 Å². The van der Waals surface area contributed by atoms with E-state index < -0.39 is 11.6 Å². The highest BCUT2D eigenvalue weighted by Crippen LogP contribution is 2.23. The standard InChI is InChI=1S/C10H20O3/c1-5-8(4)13-10(6-2,7-3)9(11)12/h8H,5-7H2,1-4H3,(H,11,12). The number of hydrogen-bond donors (Lipinski definition) is 1. The first kappa shape index (κ1) is 12.4. The lowest BCUT2D eigenvalue weighted by atomic mass is 9.97. The van der Waals surface area contributed by atoms with Crippen molar-refractivity contribution >= 4 is 5.97 Å². The number of carbonyl (C=O) groups is 1. The largest absolute Gasteiger partial charge is 0.479 e. The molecule has 0 aromatic heterocycles. The van der Waals surface area contributed by atoms with E-state index in [9.17, 15) is 4.79 Å². The molecular formula is C10H20O3. The molecule has 0 aliphatic rings. The number of hydrogen-bond acceptors (Lipinski definition) is 2. The van der Waals surface area contributed by atoms with Crippen molar-refractivity contribution in [3.05, 3.63) is 0 Å². The maximum absolute atomic E-state index is 11.0. The summed E-state index contributed by atoms with van der Waals surface area (Å²) >= 11 is 0. The molecule has 0 heterocycles. The van der Waals surface area contributed by atoms with Crippen molar-refractivity contribution in [2.75, 3.05) is 0 Å². The summed E-state index contributed by atoms with van der Waals surface area (Å²) in [5, 5.41) is 9.04. The topological polar surface area (TPSA) is 46.5 Å². The molecule has 3 nitrogen and oxygen atoms in total. The predicted molar refractivity (Wildman–Crippen MR) is 51.8 cm³/mol. The third-order valence-electron chi connectivity index (χ3n) is 2.53. The fourth-order valence-electron chi connectivity index (χ4n) is 1.24. The lowest BCUT2D eigenvalue weighted by molar-refractivity contribution is -0.174. The van der Waals surface area contributed by atoms with Gasteiger partial charge in [-0.15, -0.1) is 0 Å². The van der Waals surface area contributed by atoms with Gasteiger partial charge in [-0.25, -0.2) is 4.79 Å². The minimum Gasteiger partial charge on any atom is -0.479 e. The lowest BCUT2D eigenvalue weighted by Gasteiger charge is -2.30. The van der Waals surface area contributed by atoms with Gasteiger partial charge >= 0.3 is 5.97 Å². The Balaban J connectivity index is 4.48. The van der Waals surface area contributed by atoms with E-state index in [0.717, 1.165) is 6.42 Å². The number of carboxylic acids is 1. The number of carboxylic acid groups (broad SMARTS) is 1. The SMILES string of the molecule is CCC(C)OC(CC)(CC)C(=O)O. The van der Waals surface area contributed by atoms with E-state index in [1.54, 1.807) is 0 Å². The smallest absolute Gasteiger partial charge is 0.335 e. The molecule has 0 spiro atoms. The molecule has 0 amide bonds. The molecular weight excluding hydrogens is 168 g/mol. The predicted octanol–water partition coefficient (Wildman–Crippen LogP) is 2.44. The highest BCUT2D eigenvalue weighted by molar-refractivity contribution is 5.77. The first-order chi connectivity index (χ1) is 6.02. The van der Waals surface area contributed by atoms with Crippen LogP contribution in [0.4, 0.5) is 0 Å². The van der Waals surface area contributed by atoms with Crippen LogP contribution in [-0.4, -0.2) is 22.8 Å². The lowest BCUT2D eigenvalue weighted by Crippen LogP contribution is -2.42. The molecule has 0 rings (SSSR count). The summed E-state index contributed by atoms with van der Waals surface area (Å²) < 4.78 is 5.55. The molecule has 3 heteroatoms. The molecule has 1 N–H and O–H groups in total. The minimum atomic E-state index is -0.977. The number of aliphatic carboxylic acids is 1. The van der Waals surface area contributed by atoms with Gasteiger partial charge in [0.2, 0.25) is 0 Å². The number of ether oxygens (including phenoxy) is 1. The van der Waals surface area contributed by atoms with Gasteiger partial charge in [-0.1, -0.05) is 20.8 Å². The monoisotopic (exact) mass is 188 g/mol. The van der Waals surface area contributed by atoms with Crippen molar-refractivity contribution < 1.29 is 14.6 Å². The minimum absolute atomic E-state index is 0.0102. The molecule has 0 aromatic rings. The fraction of sp³-hybridized carbons (Fsp3) is 0.900. The summed E-state index contributed by atoms with van der Waals surface area (Å²) in [6.45, 7) is 7.59. The van der Waals surface area contributed by atoms with Gasteiger partial charge in [0, 0.05) is 0 Å². The Morgan fingerprint density at radius 3 is 2.08 bits per heavy atom. The molecule has 13 heavy (non-hydrogen) atoms. The van der Waals surface area contributed by atoms with Crippen LogP contribution in [-0.2, 0) is 9.53 Å². The normalized spacial score (nSPS) is 14.2. The fourth-order valence-corrected chi connectivity index (χ4v) is 1.24. The van der Waals surface area contributed by atoms with Gasteiger partial charge in [0.1, 0.15) is 0 Å². The second kappa shape index (κ2) is 5.22. The summed E-state index contributed by atoms with van der Waals surface area (Å²) in [6.07, 6.45) is 1.89. The third kappa shape index (κ3) is 2.99. The van der Waals surface area contributed by atoms with Crippen LogP contribution in [0.15, 0.2) is 0 Å². The van der Waals surface area contributed by atoms with E-state index in [2.05, 4.69) is 0 Å². The van der Waals surface area contributed by atoms with Gasteiger partial charge in [-0.05, 0) is 26.2 Å². The van der Waals surface area contributed by atoms with Gasteiger partial charge < -0.3 is 9.84 Å². The molecule has 1 atom stereocenters. The molecule has 0 aliphatic carbocycles. The average molecular weight is 188 g/mol. The van der Waals surface area contributed by atoms with Crippen molar-refractivity contribution in [1.29, 1.82) is 0 Å².